The van der Waals surface area contributed by atoms with Crippen molar-refractivity contribution in [1.29, 1.82) is 0 Å². The van der Waals surface area contributed by atoms with Gasteiger partial charge in [-0.15, -0.1) is 0 Å². The van der Waals surface area contributed by atoms with Crippen LogP contribution in [0.15, 0.2) is 364 Å². The molecule has 12 aromatic carbocycles. The number of carbonyl (C=O) groups is 1. The van der Waals surface area contributed by atoms with Gasteiger partial charge in [0.15, 0.2) is 0 Å². The summed E-state index contributed by atoms with van der Waals surface area (Å²) in [6, 6.07) is 135. The quantitative estimate of drug-likeness (QED) is 0.0372. The molecule has 0 N–H and O–H groups in total. The first kappa shape index (κ1) is 80.4. The van der Waals surface area contributed by atoms with Crippen LogP contribution in [-0.2, 0) is 65.9 Å². The first-order chi connectivity index (χ1) is 45.2. The van der Waals surface area contributed by atoms with Crippen molar-refractivity contribution in [1.82, 2.24) is 0 Å². The zero-order valence-corrected chi connectivity index (χ0v) is 68.7. The summed E-state index contributed by atoms with van der Waals surface area (Å²) in [5.41, 5.74) is 0. The van der Waals surface area contributed by atoms with Crippen LogP contribution in [0.4, 0.5) is 13.2 Å². The Morgan fingerprint density at radius 2 is 0.351 bits per heavy atom. The molecule has 0 fully saturated rings. The van der Waals surface area contributed by atoms with E-state index in [0.717, 1.165) is 0 Å². The molecule has 12 rings (SSSR count). The Bertz CT molecular complexity index is 3060. The summed E-state index contributed by atoms with van der Waals surface area (Å²) in [4.78, 5) is 8.78. The molecular weight excluding hydrogens is 1940 g/mol. The second kappa shape index (κ2) is 46.1. The number of rotatable bonds is 18. The molecule has 0 aliphatic carbocycles. The number of halogens is 4. The molecule has 0 saturated carbocycles. The van der Waals surface area contributed by atoms with Crippen LogP contribution in [0, 0.1) is 6.65 Å². The van der Waals surface area contributed by atoms with Crippen molar-refractivity contribution in [2.24, 2.45) is 0 Å². The van der Waals surface area contributed by atoms with Crippen molar-refractivity contribution in [3.63, 3.8) is 0 Å². The molecule has 0 atom stereocenters. The van der Waals surface area contributed by atoms with E-state index < -0.39 is 100 Å². The normalized spacial score (nSPS) is 10.4. The maximum absolute atomic E-state index is 10.5. The van der Waals surface area contributed by atoms with Crippen molar-refractivity contribution in [3.8, 4) is 0 Å². The molecule has 0 unspecified atom stereocenters. The van der Waals surface area contributed by atoms with Gasteiger partial charge in [0.05, 0.1) is 0 Å². The van der Waals surface area contributed by atoms with Gasteiger partial charge in [-0.3, -0.25) is 0 Å². The van der Waals surface area contributed by atoms with E-state index in [1.54, 1.807) is 52.2 Å². The van der Waals surface area contributed by atoms with E-state index in [4.69, 9.17) is 14.6 Å². The van der Waals surface area contributed by atoms with Gasteiger partial charge in [-0.25, -0.2) is 0 Å². The number of hydrogen-bond acceptors (Lipinski definition) is 2. The third-order valence-electron chi connectivity index (χ3n) is 13.9. The van der Waals surface area contributed by atoms with E-state index in [0.29, 0.717) is 0 Å². The van der Waals surface area contributed by atoms with E-state index in [1.165, 1.54) is 12.0 Å². The minimum atomic E-state index is -5.19. The third-order valence-corrected chi connectivity index (χ3v) is 59.2. The Balaban J connectivity index is 0.000000234. The van der Waals surface area contributed by atoms with E-state index in [1.807, 2.05) is 19.5 Å². The van der Waals surface area contributed by atoms with Gasteiger partial charge in [0.1, 0.15) is 5.97 Å². The van der Waals surface area contributed by atoms with Gasteiger partial charge in [-0.1, -0.05) is 0 Å². The van der Waals surface area contributed by atoms with Crippen LogP contribution in [-0.4, -0.2) is 100 Å². The average Bonchev–Trinajstić information content (AvgIpc) is 0.912. The van der Waals surface area contributed by atoms with Gasteiger partial charge in [0, 0.05) is 40.8 Å². The number of hydrogen-bond donors (Lipinski definition) is 0. The van der Waals surface area contributed by atoms with Crippen LogP contribution in [0.5, 0.6) is 0 Å². The SMILES string of the molecule is O=C([O-])C(F)(F)F.[C-]#[O+].[Pd+][I].[Pd].[Pd].c1ccc([As](C[As](c2ccccc2)c2ccccc2)c2ccccc2)cc1.c1ccc([As](C[As](c2ccccc2)c2ccccc2)c2ccccc2)cc1.c1ccc([As](C[As](c2ccccc2)c2ccccc2)c2ccccc2)cc1. The Morgan fingerprint density at radius 1 is 0.277 bits per heavy atom. The zero-order valence-electron chi connectivity index (χ0n) is 50.6. The van der Waals surface area contributed by atoms with Gasteiger partial charge in [-0.2, -0.15) is 13.2 Å². The van der Waals surface area contributed by atoms with E-state index in [-0.39, 0.29) is 40.8 Å². The topological polar surface area (TPSA) is 60.0 Å². The third kappa shape index (κ3) is 26.5. The predicted octanol–water partition coefficient (Wildman–Crippen LogP) is 9.57. The Labute approximate surface area is 630 Å². The molecule has 94 heavy (non-hydrogen) atoms. The zero-order chi connectivity index (χ0) is 65.0. The van der Waals surface area contributed by atoms with Crippen LogP contribution >= 0.6 is 19.5 Å². The summed E-state index contributed by atoms with van der Waals surface area (Å²) in [5.74, 6) is -3.01. The van der Waals surface area contributed by atoms with Crippen LogP contribution in [0.1, 0.15) is 0 Å². The second-order valence-corrected chi connectivity index (χ2v) is 54.6. The number of alkyl halides is 3. The summed E-state index contributed by atoms with van der Waals surface area (Å²) >= 11 is -3.49. The molecule has 0 saturated heterocycles. The van der Waals surface area contributed by atoms with Crippen LogP contribution in [0.25, 0.3) is 0 Å². The molecular formula is C78H66As6F3IO3Pd3. The fraction of sp³-hybridized carbons (Fsp3) is 0.0513. The van der Waals surface area contributed by atoms with Gasteiger partial charge in [-0.05, 0) is 0 Å². The molecule has 0 spiro atoms. The first-order valence-electron chi connectivity index (χ1n) is 29.1. The van der Waals surface area contributed by atoms with Crippen molar-refractivity contribution >= 4 is 166 Å². The molecule has 0 amide bonds. The van der Waals surface area contributed by atoms with Crippen molar-refractivity contribution < 1.29 is 84.2 Å². The Hall–Kier alpha value is -4.29. The number of aliphatic carboxylic acids is 1. The standard InChI is InChI=1S/3C25H22As2.C2HF3O2.CO.HI.3Pd/c3*1-5-13-22(14-6-1)26(23-15-7-2-8-16-23)21-27(24-17-9-3-10-18-24)25-19-11-4-12-20-25;3-2(4,5)1(6)7;1-2;;;;/h3*1-20H,21H2;(H,6,7);;1H;;;/q;;;;;;;;+2/p-2. The van der Waals surface area contributed by atoms with Gasteiger partial charge >= 0.3 is 569 Å². The summed E-state index contributed by atoms with van der Waals surface area (Å²) < 4.78 is 61.7. The molecule has 0 aromatic heterocycles. The summed E-state index contributed by atoms with van der Waals surface area (Å²) in [6.07, 6.45) is -5.19. The second-order valence-electron chi connectivity index (χ2n) is 19.8. The molecule has 484 valence electrons. The molecule has 0 bridgehead atoms. The number of carboxylic acids is 1. The molecule has 0 heterocycles. The fourth-order valence-electron chi connectivity index (χ4n) is 9.59. The van der Waals surface area contributed by atoms with E-state index in [2.05, 4.69) is 386 Å². The summed E-state index contributed by atoms with van der Waals surface area (Å²) in [6.45, 7) is 4.50. The van der Waals surface area contributed by atoms with Crippen LogP contribution in [0.3, 0.4) is 0 Å². The Morgan fingerprint density at radius 3 is 0.415 bits per heavy atom. The van der Waals surface area contributed by atoms with E-state index >= 15 is 0 Å². The van der Waals surface area contributed by atoms with Gasteiger partial charge in [0.25, 0.3) is 0 Å². The summed E-state index contributed by atoms with van der Waals surface area (Å²) in [7, 11) is 0. The maximum atomic E-state index is 10.5. The molecule has 0 aliphatic rings. The first-order valence-corrected chi connectivity index (χ1v) is 52.9. The Kier molecular flexibility index (Phi) is 39.4. The molecule has 0 radical (unpaired) electrons. The van der Waals surface area contributed by atoms with Crippen molar-refractivity contribution in [2.75, 3.05) is 0 Å². The van der Waals surface area contributed by atoms with E-state index in [9.17, 15) is 13.2 Å². The van der Waals surface area contributed by atoms with Crippen LogP contribution < -0.4 is 57.3 Å². The van der Waals surface area contributed by atoms with Gasteiger partial charge < -0.3 is 9.90 Å². The van der Waals surface area contributed by atoms with Crippen molar-refractivity contribution in [3.05, 3.63) is 371 Å². The number of carboxylic acid groups (broad SMARTS) is 1. The number of carbonyl (C=O) groups excluding carboxylic acids is 1. The fourth-order valence-corrected chi connectivity index (χ4v) is 63.2. The average molecular weight is 2000 g/mol. The molecule has 0 aliphatic heterocycles. The molecule has 16 heteroatoms. The predicted molar refractivity (Wildman–Crippen MR) is 391 cm³/mol. The van der Waals surface area contributed by atoms with Crippen molar-refractivity contribution in [2.45, 2.75) is 18.2 Å². The minimum absolute atomic E-state index is 0. The van der Waals surface area contributed by atoms with Gasteiger partial charge in [0.2, 0.25) is 0 Å². The number of benzene rings is 12. The molecule has 3 nitrogen and oxygen atoms in total. The monoisotopic (exact) mass is 2000 g/mol. The van der Waals surface area contributed by atoms with Crippen LogP contribution in [0.2, 0.25) is 12.0 Å². The molecule has 12 aromatic rings. The summed E-state index contributed by atoms with van der Waals surface area (Å²) in [5, 5.41) is 8.78.